The average Bonchev–Trinajstić information content (AvgIpc) is 2.77. The zero-order chi connectivity index (χ0) is 19.8. The first-order chi connectivity index (χ1) is 13.6. The number of hydrogen-bond acceptors (Lipinski definition) is 3. The molecule has 0 radical (unpaired) electrons. The van der Waals surface area contributed by atoms with Crippen LogP contribution in [-0.4, -0.2) is 17.5 Å². The third kappa shape index (κ3) is 5.24. The Morgan fingerprint density at radius 1 is 0.571 bits per heavy atom. The third-order valence-electron chi connectivity index (χ3n) is 4.44. The summed E-state index contributed by atoms with van der Waals surface area (Å²) in [5.41, 5.74) is 2.62. The number of carbonyl (C=O) groups is 3. The summed E-state index contributed by atoms with van der Waals surface area (Å²) in [5, 5.41) is 2.85. The number of carbonyl (C=O) groups excluding carboxylic acids is 3. The zero-order valence-corrected chi connectivity index (χ0v) is 15.4. The predicted molar refractivity (Wildman–Crippen MR) is 108 cm³/mol. The standard InChI is InChI=1S/C24H21NO3/c26-22(19-9-5-2-6-10-19)15-16-23(27)20-11-13-21(14-12-20)24(28)25-17-18-7-3-1-4-8-18/h1-14H,15-17H2,(H,25,28). The SMILES string of the molecule is O=C(CCC(=O)c1ccc(C(=O)NCc2ccccc2)cc1)c1ccccc1. The fraction of sp³-hybridized carbons (Fsp3) is 0.125. The van der Waals surface area contributed by atoms with Gasteiger partial charge in [-0.1, -0.05) is 72.8 Å². The van der Waals surface area contributed by atoms with Crippen LogP contribution in [0.25, 0.3) is 0 Å². The molecule has 3 aromatic rings. The van der Waals surface area contributed by atoms with Gasteiger partial charge in [-0.05, 0) is 17.7 Å². The average molecular weight is 371 g/mol. The van der Waals surface area contributed by atoms with E-state index in [1.165, 1.54) is 0 Å². The molecule has 0 saturated heterocycles. The van der Waals surface area contributed by atoms with Gasteiger partial charge in [0.2, 0.25) is 0 Å². The van der Waals surface area contributed by atoms with Gasteiger partial charge in [-0.3, -0.25) is 14.4 Å². The number of amides is 1. The maximum atomic E-state index is 12.3. The number of hydrogen-bond donors (Lipinski definition) is 1. The highest BCUT2D eigenvalue weighted by Gasteiger charge is 2.12. The van der Waals surface area contributed by atoms with Crippen LogP contribution in [0.4, 0.5) is 0 Å². The second-order valence-corrected chi connectivity index (χ2v) is 6.46. The van der Waals surface area contributed by atoms with Crippen molar-refractivity contribution in [2.75, 3.05) is 0 Å². The molecular weight excluding hydrogens is 350 g/mol. The molecule has 0 aliphatic heterocycles. The van der Waals surface area contributed by atoms with Gasteiger partial charge >= 0.3 is 0 Å². The van der Waals surface area contributed by atoms with Crippen molar-refractivity contribution < 1.29 is 14.4 Å². The molecule has 0 atom stereocenters. The van der Waals surface area contributed by atoms with E-state index in [9.17, 15) is 14.4 Å². The lowest BCUT2D eigenvalue weighted by Crippen LogP contribution is -2.22. The van der Waals surface area contributed by atoms with Crippen molar-refractivity contribution in [3.05, 3.63) is 107 Å². The van der Waals surface area contributed by atoms with E-state index in [-0.39, 0.29) is 30.3 Å². The van der Waals surface area contributed by atoms with Crippen molar-refractivity contribution in [3.8, 4) is 0 Å². The number of benzene rings is 3. The molecule has 0 aliphatic rings. The van der Waals surface area contributed by atoms with Gasteiger partial charge in [0, 0.05) is 36.1 Å². The quantitative estimate of drug-likeness (QED) is 0.595. The van der Waals surface area contributed by atoms with Crippen molar-refractivity contribution in [1.29, 1.82) is 0 Å². The minimum Gasteiger partial charge on any atom is -0.348 e. The predicted octanol–water partition coefficient (Wildman–Crippen LogP) is 4.46. The molecule has 0 spiro atoms. The number of ketones is 2. The van der Waals surface area contributed by atoms with E-state index in [1.54, 1.807) is 48.5 Å². The maximum Gasteiger partial charge on any atom is 0.251 e. The first-order valence-electron chi connectivity index (χ1n) is 9.17. The second kappa shape index (κ2) is 9.42. The smallest absolute Gasteiger partial charge is 0.251 e. The highest BCUT2D eigenvalue weighted by molar-refractivity contribution is 6.02. The molecule has 0 unspecified atom stereocenters. The topological polar surface area (TPSA) is 63.2 Å². The minimum atomic E-state index is -0.192. The van der Waals surface area contributed by atoms with E-state index < -0.39 is 0 Å². The molecule has 0 heterocycles. The lowest BCUT2D eigenvalue weighted by molar-refractivity contribution is 0.0917. The largest absolute Gasteiger partial charge is 0.348 e. The van der Waals surface area contributed by atoms with Crippen LogP contribution >= 0.6 is 0 Å². The number of Topliss-reactive ketones (excluding diaryl/α,β-unsaturated/α-hetero) is 2. The second-order valence-electron chi connectivity index (χ2n) is 6.46. The molecule has 0 fully saturated rings. The van der Waals surface area contributed by atoms with Crippen LogP contribution in [0.15, 0.2) is 84.9 Å². The Labute approximate surface area is 164 Å². The summed E-state index contributed by atoms with van der Waals surface area (Å²) in [6.07, 6.45) is 0.315. The van der Waals surface area contributed by atoms with E-state index in [1.807, 2.05) is 36.4 Å². The molecule has 0 aromatic heterocycles. The van der Waals surface area contributed by atoms with Crippen LogP contribution in [0.5, 0.6) is 0 Å². The van der Waals surface area contributed by atoms with Crippen LogP contribution in [0.2, 0.25) is 0 Å². The highest BCUT2D eigenvalue weighted by atomic mass is 16.2. The summed E-state index contributed by atoms with van der Waals surface area (Å²) >= 11 is 0. The minimum absolute atomic E-state index is 0.0501. The Balaban J connectivity index is 1.52. The molecule has 4 heteroatoms. The summed E-state index contributed by atoms with van der Waals surface area (Å²) in [6.45, 7) is 0.446. The van der Waals surface area contributed by atoms with Gasteiger partial charge in [-0.25, -0.2) is 0 Å². The summed E-state index contributed by atoms with van der Waals surface area (Å²) < 4.78 is 0. The summed E-state index contributed by atoms with van der Waals surface area (Å²) in [4.78, 5) is 36.7. The third-order valence-corrected chi connectivity index (χ3v) is 4.44. The summed E-state index contributed by atoms with van der Waals surface area (Å²) in [6, 6.07) is 25.1. The van der Waals surface area contributed by atoms with Crippen LogP contribution in [0.1, 0.15) is 49.5 Å². The molecule has 3 rings (SSSR count). The molecule has 4 nitrogen and oxygen atoms in total. The lowest BCUT2D eigenvalue weighted by Gasteiger charge is -2.06. The van der Waals surface area contributed by atoms with Crippen molar-refractivity contribution in [3.63, 3.8) is 0 Å². The highest BCUT2D eigenvalue weighted by Crippen LogP contribution is 2.11. The number of rotatable bonds is 8. The Hall–Kier alpha value is -3.53. The van der Waals surface area contributed by atoms with Crippen molar-refractivity contribution >= 4 is 17.5 Å². The first kappa shape index (κ1) is 19.2. The van der Waals surface area contributed by atoms with E-state index in [0.29, 0.717) is 23.2 Å². The van der Waals surface area contributed by atoms with Crippen LogP contribution in [-0.2, 0) is 6.54 Å². The molecular formula is C24H21NO3. The molecule has 0 saturated carbocycles. The maximum absolute atomic E-state index is 12.3. The van der Waals surface area contributed by atoms with E-state index in [2.05, 4.69) is 5.32 Å². The van der Waals surface area contributed by atoms with Gasteiger partial charge in [0.25, 0.3) is 5.91 Å². The molecule has 28 heavy (non-hydrogen) atoms. The van der Waals surface area contributed by atoms with Gasteiger partial charge in [-0.2, -0.15) is 0 Å². The molecule has 0 aliphatic carbocycles. The first-order valence-corrected chi connectivity index (χ1v) is 9.17. The molecule has 0 bridgehead atoms. The van der Waals surface area contributed by atoms with Gasteiger partial charge in [-0.15, -0.1) is 0 Å². The van der Waals surface area contributed by atoms with Crippen molar-refractivity contribution in [2.45, 2.75) is 19.4 Å². The van der Waals surface area contributed by atoms with Crippen LogP contribution in [0.3, 0.4) is 0 Å². The normalized spacial score (nSPS) is 10.3. The molecule has 1 N–H and O–H groups in total. The van der Waals surface area contributed by atoms with Gasteiger partial charge in [0.15, 0.2) is 11.6 Å². The van der Waals surface area contributed by atoms with E-state index in [4.69, 9.17) is 0 Å². The lowest BCUT2D eigenvalue weighted by atomic mass is 10.0. The molecule has 1 amide bonds. The number of nitrogens with one attached hydrogen (secondary N) is 1. The van der Waals surface area contributed by atoms with Crippen molar-refractivity contribution in [2.24, 2.45) is 0 Å². The van der Waals surface area contributed by atoms with Crippen molar-refractivity contribution in [1.82, 2.24) is 5.32 Å². The van der Waals surface area contributed by atoms with Crippen LogP contribution < -0.4 is 5.32 Å². The fourth-order valence-corrected chi connectivity index (χ4v) is 2.83. The molecule has 3 aromatic carbocycles. The Morgan fingerprint density at radius 3 is 1.61 bits per heavy atom. The Bertz CT molecular complexity index is 948. The van der Waals surface area contributed by atoms with E-state index >= 15 is 0 Å². The monoisotopic (exact) mass is 371 g/mol. The summed E-state index contributed by atoms with van der Waals surface area (Å²) in [7, 11) is 0. The Kier molecular flexibility index (Phi) is 6.47. The van der Waals surface area contributed by atoms with E-state index in [0.717, 1.165) is 5.56 Å². The van der Waals surface area contributed by atoms with Gasteiger partial charge < -0.3 is 5.32 Å². The van der Waals surface area contributed by atoms with Gasteiger partial charge in [0.05, 0.1) is 0 Å². The zero-order valence-electron chi connectivity index (χ0n) is 15.4. The van der Waals surface area contributed by atoms with Crippen LogP contribution in [0, 0.1) is 0 Å². The molecule has 140 valence electrons. The fourth-order valence-electron chi connectivity index (χ4n) is 2.83. The van der Waals surface area contributed by atoms with Gasteiger partial charge in [0.1, 0.15) is 0 Å². The Morgan fingerprint density at radius 2 is 1.04 bits per heavy atom. The summed E-state index contributed by atoms with van der Waals surface area (Å²) in [5.74, 6) is -0.353.